The van der Waals surface area contributed by atoms with Crippen LogP contribution in [0, 0.1) is 5.92 Å². The number of carbonyl (C=O) groups is 3. The molecule has 6 heteroatoms. The predicted octanol–water partition coefficient (Wildman–Crippen LogP) is 3.36. The van der Waals surface area contributed by atoms with E-state index in [4.69, 9.17) is 14.2 Å². The van der Waals surface area contributed by atoms with Crippen LogP contribution >= 0.6 is 0 Å². The van der Waals surface area contributed by atoms with Gasteiger partial charge in [-0.15, -0.1) is 0 Å². The second-order valence-corrected chi connectivity index (χ2v) is 6.46. The zero-order valence-electron chi connectivity index (χ0n) is 17.2. The Balaban J connectivity index is 0.000000713. The molecule has 0 saturated carbocycles. The van der Waals surface area contributed by atoms with E-state index in [1.807, 2.05) is 37.3 Å². The molecule has 0 aliphatic carbocycles. The maximum Gasteiger partial charge on any atom is 0.306 e. The second kappa shape index (κ2) is 14.1. The maximum atomic E-state index is 11.7. The molecular weight excluding hydrogens is 348 g/mol. The highest BCUT2D eigenvalue weighted by molar-refractivity contribution is 5.84. The van der Waals surface area contributed by atoms with Gasteiger partial charge in [0.25, 0.3) is 0 Å². The number of hydrogen-bond donors (Lipinski definition) is 0. The van der Waals surface area contributed by atoms with E-state index in [1.165, 1.54) is 14.0 Å². The monoisotopic (exact) mass is 380 g/mol. The highest BCUT2D eigenvalue weighted by atomic mass is 16.5. The van der Waals surface area contributed by atoms with Crippen LogP contribution in [-0.4, -0.2) is 44.0 Å². The standard InChI is InChI=1S/C15H20O4.C6H12O2/c1-11(16)14(12(2)18-3)9-15(17)19-10-13-7-5-4-6-8-13;1-5(7)4-6(2)8-3/h4-8,12,14H,9-10H2,1-3H3;6H,4H2,1-3H3. The van der Waals surface area contributed by atoms with E-state index in [0.29, 0.717) is 6.42 Å². The third kappa shape index (κ3) is 12.0. The van der Waals surface area contributed by atoms with Gasteiger partial charge in [-0.2, -0.15) is 0 Å². The number of esters is 1. The van der Waals surface area contributed by atoms with Crippen molar-refractivity contribution in [3.63, 3.8) is 0 Å². The van der Waals surface area contributed by atoms with E-state index in [0.717, 1.165) is 5.56 Å². The Bertz CT molecular complexity index is 569. The van der Waals surface area contributed by atoms with Crippen molar-refractivity contribution in [2.75, 3.05) is 14.2 Å². The number of methoxy groups -OCH3 is 2. The lowest BCUT2D eigenvalue weighted by Gasteiger charge is -2.19. The Morgan fingerprint density at radius 1 is 0.926 bits per heavy atom. The fraction of sp³-hybridized carbons (Fsp3) is 0.571. The molecular formula is C21H32O6. The minimum Gasteiger partial charge on any atom is -0.461 e. The van der Waals surface area contributed by atoms with Gasteiger partial charge in [0, 0.05) is 20.6 Å². The van der Waals surface area contributed by atoms with Gasteiger partial charge in [0.15, 0.2) is 0 Å². The van der Waals surface area contributed by atoms with Crippen LogP contribution in [0.2, 0.25) is 0 Å². The Labute approximate surface area is 162 Å². The van der Waals surface area contributed by atoms with Crippen LogP contribution in [0.4, 0.5) is 0 Å². The fourth-order valence-corrected chi connectivity index (χ4v) is 2.27. The summed E-state index contributed by atoms with van der Waals surface area (Å²) in [7, 11) is 3.13. The number of ether oxygens (including phenoxy) is 3. The number of hydrogen-bond acceptors (Lipinski definition) is 6. The topological polar surface area (TPSA) is 78.9 Å². The molecule has 3 atom stereocenters. The molecule has 1 aromatic carbocycles. The normalized spacial score (nSPS) is 13.6. The third-order valence-corrected chi connectivity index (χ3v) is 4.07. The van der Waals surface area contributed by atoms with Crippen molar-refractivity contribution >= 4 is 17.5 Å². The summed E-state index contributed by atoms with van der Waals surface area (Å²) in [6, 6.07) is 9.43. The zero-order valence-corrected chi connectivity index (χ0v) is 17.2. The zero-order chi connectivity index (χ0) is 20.8. The first-order valence-electron chi connectivity index (χ1n) is 8.96. The van der Waals surface area contributed by atoms with Crippen molar-refractivity contribution in [1.29, 1.82) is 0 Å². The SMILES string of the molecule is COC(C)C(CC(=O)OCc1ccccc1)C(C)=O.COC(C)CC(C)=O. The number of carbonyl (C=O) groups excluding carboxylic acids is 3. The van der Waals surface area contributed by atoms with Crippen molar-refractivity contribution < 1.29 is 28.6 Å². The highest BCUT2D eigenvalue weighted by Crippen LogP contribution is 2.14. The molecule has 0 fully saturated rings. The quantitative estimate of drug-likeness (QED) is 0.579. The molecule has 27 heavy (non-hydrogen) atoms. The van der Waals surface area contributed by atoms with Crippen molar-refractivity contribution in [1.82, 2.24) is 0 Å². The number of benzene rings is 1. The molecule has 1 aromatic rings. The summed E-state index contributed by atoms with van der Waals surface area (Å²) in [6.07, 6.45) is 0.363. The maximum absolute atomic E-state index is 11.7. The van der Waals surface area contributed by atoms with Crippen LogP contribution in [-0.2, 0) is 35.2 Å². The molecule has 0 heterocycles. The second-order valence-electron chi connectivity index (χ2n) is 6.46. The molecule has 0 aliphatic rings. The van der Waals surface area contributed by atoms with E-state index in [-0.39, 0.29) is 42.8 Å². The smallest absolute Gasteiger partial charge is 0.306 e. The molecule has 152 valence electrons. The predicted molar refractivity (Wildman–Crippen MR) is 103 cm³/mol. The third-order valence-electron chi connectivity index (χ3n) is 4.07. The summed E-state index contributed by atoms with van der Waals surface area (Å²) in [5.41, 5.74) is 0.926. The first kappa shape index (κ1) is 24.9. The number of ketones is 2. The average Bonchev–Trinajstić information content (AvgIpc) is 2.64. The summed E-state index contributed by atoms with van der Waals surface area (Å²) >= 11 is 0. The molecule has 6 nitrogen and oxygen atoms in total. The van der Waals surface area contributed by atoms with Gasteiger partial charge < -0.3 is 14.2 Å². The molecule has 0 bridgehead atoms. The lowest BCUT2D eigenvalue weighted by Crippen LogP contribution is -2.29. The molecule has 0 aliphatic heterocycles. The van der Waals surface area contributed by atoms with Crippen molar-refractivity contribution in [2.24, 2.45) is 5.92 Å². The summed E-state index contributed by atoms with van der Waals surface area (Å²) in [5, 5.41) is 0. The van der Waals surface area contributed by atoms with Crippen molar-refractivity contribution in [3.05, 3.63) is 35.9 Å². The Hall–Kier alpha value is -2.05. The van der Waals surface area contributed by atoms with E-state index in [9.17, 15) is 14.4 Å². The van der Waals surface area contributed by atoms with Gasteiger partial charge in [0.2, 0.25) is 0 Å². The highest BCUT2D eigenvalue weighted by Gasteiger charge is 2.25. The van der Waals surface area contributed by atoms with Crippen LogP contribution in [0.5, 0.6) is 0 Å². The lowest BCUT2D eigenvalue weighted by molar-refractivity contribution is -0.149. The van der Waals surface area contributed by atoms with Crippen molar-refractivity contribution in [3.8, 4) is 0 Å². The fourth-order valence-electron chi connectivity index (χ4n) is 2.27. The van der Waals surface area contributed by atoms with Gasteiger partial charge in [-0.05, 0) is 33.3 Å². The van der Waals surface area contributed by atoms with E-state index in [1.54, 1.807) is 21.0 Å². The minimum absolute atomic E-state index is 0.0528. The van der Waals surface area contributed by atoms with E-state index >= 15 is 0 Å². The van der Waals surface area contributed by atoms with Gasteiger partial charge in [0.1, 0.15) is 18.2 Å². The summed E-state index contributed by atoms with van der Waals surface area (Å²) in [4.78, 5) is 33.5. The molecule has 0 amide bonds. The Morgan fingerprint density at radius 3 is 1.93 bits per heavy atom. The number of Topliss-reactive ketones (excluding diaryl/α,β-unsaturated/α-hetero) is 2. The molecule has 0 aromatic heterocycles. The van der Waals surface area contributed by atoms with Crippen LogP contribution in [0.15, 0.2) is 30.3 Å². The van der Waals surface area contributed by atoms with Crippen LogP contribution in [0.25, 0.3) is 0 Å². The minimum atomic E-state index is -0.451. The van der Waals surface area contributed by atoms with Gasteiger partial charge in [-0.1, -0.05) is 30.3 Å². The van der Waals surface area contributed by atoms with Gasteiger partial charge >= 0.3 is 5.97 Å². The first-order chi connectivity index (χ1) is 12.7. The molecule has 3 unspecified atom stereocenters. The summed E-state index contributed by atoms with van der Waals surface area (Å²) < 4.78 is 15.1. The lowest BCUT2D eigenvalue weighted by atomic mass is 9.95. The van der Waals surface area contributed by atoms with E-state index < -0.39 is 5.92 Å². The summed E-state index contributed by atoms with van der Waals surface area (Å²) in [5.74, 6) is -0.716. The molecule has 0 N–H and O–H groups in total. The van der Waals surface area contributed by atoms with Crippen LogP contribution in [0.3, 0.4) is 0 Å². The van der Waals surface area contributed by atoms with Crippen LogP contribution in [0.1, 0.15) is 46.1 Å². The molecule has 0 radical (unpaired) electrons. The van der Waals surface area contributed by atoms with E-state index in [2.05, 4.69) is 0 Å². The van der Waals surface area contributed by atoms with Gasteiger partial charge in [-0.3, -0.25) is 14.4 Å². The average molecular weight is 380 g/mol. The Kier molecular flexibility index (Phi) is 13.0. The summed E-state index contributed by atoms with van der Waals surface area (Å²) in [6.45, 7) is 6.91. The first-order valence-corrected chi connectivity index (χ1v) is 8.96. The van der Waals surface area contributed by atoms with Gasteiger partial charge in [0.05, 0.1) is 24.5 Å². The van der Waals surface area contributed by atoms with Crippen LogP contribution < -0.4 is 0 Å². The molecule has 1 rings (SSSR count). The number of rotatable bonds is 10. The van der Waals surface area contributed by atoms with Gasteiger partial charge in [-0.25, -0.2) is 0 Å². The molecule has 0 saturated heterocycles. The van der Waals surface area contributed by atoms with Crippen molar-refractivity contribution in [2.45, 2.75) is 59.4 Å². The Morgan fingerprint density at radius 2 is 1.52 bits per heavy atom. The molecule has 0 spiro atoms. The largest absolute Gasteiger partial charge is 0.461 e.